The van der Waals surface area contributed by atoms with E-state index in [1.165, 1.54) is 0 Å². The van der Waals surface area contributed by atoms with Crippen molar-refractivity contribution in [1.82, 2.24) is 5.32 Å². The molecule has 2 rings (SSSR count). The molecule has 100 valence electrons. The number of likely N-dealkylation sites (N-methyl/N-ethyl adjacent to an activating group) is 1. The molecule has 1 aliphatic rings. The molecule has 0 unspecified atom stereocenters. The first-order valence-electron chi connectivity index (χ1n) is 5.82. The molecule has 0 saturated heterocycles. The number of carbonyl (C=O) groups excluding carboxylic acids is 1. The summed E-state index contributed by atoms with van der Waals surface area (Å²) in [4.78, 5) is 12.2. The van der Waals surface area contributed by atoms with Crippen LogP contribution >= 0.6 is 48.8 Å². The van der Waals surface area contributed by atoms with Crippen LogP contribution < -0.4 is 5.32 Å². The van der Waals surface area contributed by atoms with Crippen LogP contribution in [0.1, 0.15) is 31.2 Å². The van der Waals surface area contributed by atoms with Crippen LogP contribution in [0.25, 0.3) is 0 Å². The van der Waals surface area contributed by atoms with Crippen LogP contribution in [0.4, 0.5) is 0 Å². The Labute approximate surface area is 137 Å². The monoisotopic (exact) mass is 491 g/mol. The van der Waals surface area contributed by atoms with Gasteiger partial charge in [-0.05, 0) is 31.5 Å². The third-order valence-electron chi connectivity index (χ3n) is 3.44. The number of ketones is 1. The maximum absolute atomic E-state index is 12.2. The second kappa shape index (κ2) is 8.01. The van der Waals surface area contributed by atoms with Crippen molar-refractivity contribution in [2.45, 2.75) is 31.2 Å². The summed E-state index contributed by atoms with van der Waals surface area (Å²) in [5, 5.41) is 3.86. The number of hydrogen-bond acceptors (Lipinski definition) is 2. The minimum absolute atomic E-state index is 0.259. The van der Waals surface area contributed by atoms with Crippen LogP contribution in [-0.2, 0) is 10.3 Å². The third kappa shape index (κ3) is 3.37. The van der Waals surface area contributed by atoms with Gasteiger partial charge in [-0.1, -0.05) is 36.2 Å². The summed E-state index contributed by atoms with van der Waals surface area (Å²) in [5.41, 5.74) is 0.361. The van der Waals surface area contributed by atoms with Gasteiger partial charge in [0.25, 0.3) is 0 Å². The lowest BCUT2D eigenvalue weighted by Gasteiger charge is -2.36. The fourth-order valence-corrected chi connectivity index (χ4v) is 2.82. The second-order valence-corrected chi connectivity index (χ2v) is 4.67. The number of rotatable bonds is 2. The van der Waals surface area contributed by atoms with Gasteiger partial charge in [-0.3, -0.25) is 4.79 Å². The lowest BCUT2D eigenvalue weighted by molar-refractivity contribution is -0.127. The van der Waals surface area contributed by atoms with Crippen molar-refractivity contribution < 1.29 is 4.79 Å². The molecule has 18 heavy (non-hydrogen) atoms. The van der Waals surface area contributed by atoms with Gasteiger partial charge in [-0.2, -0.15) is 0 Å². The lowest BCUT2D eigenvalue weighted by atomic mass is 9.75. The highest BCUT2D eigenvalue weighted by molar-refractivity contribution is 15.0. The quantitative estimate of drug-likeness (QED) is 0.610. The maximum Gasteiger partial charge on any atom is 0.157 e. The van der Waals surface area contributed by atoms with Crippen LogP contribution in [0.2, 0.25) is 5.02 Å². The van der Waals surface area contributed by atoms with E-state index in [9.17, 15) is 4.79 Å². The summed E-state index contributed by atoms with van der Waals surface area (Å²) in [6.45, 7) is 0. The molecular formula is C13H16ClI2NO. The van der Waals surface area contributed by atoms with Crippen molar-refractivity contribution in [2.24, 2.45) is 0 Å². The molecule has 1 aliphatic carbocycles. The van der Waals surface area contributed by atoms with Crippen molar-refractivity contribution >= 4 is 54.6 Å². The van der Waals surface area contributed by atoms with Crippen molar-refractivity contribution in [2.75, 3.05) is 7.05 Å². The van der Waals surface area contributed by atoms with Gasteiger partial charge in [0.15, 0.2) is 5.78 Å². The summed E-state index contributed by atoms with van der Waals surface area (Å²) < 4.78 is 0. The Balaban J connectivity index is 0.000000771. The van der Waals surface area contributed by atoms with Crippen molar-refractivity contribution in [3.8, 4) is 0 Å². The van der Waals surface area contributed by atoms with Gasteiger partial charge in [0.05, 0.1) is 0 Å². The number of nitrogens with one attached hydrogen (secondary N) is 1. The smallest absolute Gasteiger partial charge is 0.157 e. The summed E-state index contributed by atoms with van der Waals surface area (Å²) in [6.07, 6.45) is 3.54. The second-order valence-electron chi connectivity index (χ2n) is 4.27. The zero-order valence-corrected chi connectivity index (χ0v) is 15.3. The SMILES string of the molecule is CN[C@@]1(c2ccccc2Cl)CCCCC1=O.II. The molecule has 0 aromatic heterocycles. The Morgan fingerprint density at radius 3 is 2.50 bits per heavy atom. The zero-order chi connectivity index (χ0) is 13.6. The Morgan fingerprint density at radius 2 is 1.94 bits per heavy atom. The van der Waals surface area contributed by atoms with E-state index in [-0.39, 0.29) is 5.78 Å². The molecule has 1 atom stereocenters. The molecule has 1 saturated carbocycles. The number of halogens is 3. The Hall–Kier alpha value is 0.600. The average Bonchev–Trinajstić information content (AvgIpc) is 2.43. The van der Waals surface area contributed by atoms with E-state index in [1.807, 2.05) is 31.3 Å². The van der Waals surface area contributed by atoms with Gasteiger partial charge in [0.1, 0.15) is 5.54 Å². The van der Waals surface area contributed by atoms with Crippen LogP contribution in [0.15, 0.2) is 24.3 Å². The van der Waals surface area contributed by atoms with Gasteiger partial charge in [0, 0.05) is 48.7 Å². The van der Waals surface area contributed by atoms with Crippen molar-refractivity contribution in [3.63, 3.8) is 0 Å². The predicted molar refractivity (Wildman–Crippen MR) is 93.7 cm³/mol. The fraction of sp³-hybridized carbons (Fsp3) is 0.462. The summed E-state index contributed by atoms with van der Waals surface area (Å²) in [5.74, 6) is 0.259. The first-order valence-corrected chi connectivity index (χ1v) is 12.5. The molecule has 1 fully saturated rings. The predicted octanol–water partition coefficient (Wildman–Crippen LogP) is 4.67. The molecule has 0 heterocycles. The van der Waals surface area contributed by atoms with Gasteiger partial charge in [-0.15, -0.1) is 0 Å². The van der Waals surface area contributed by atoms with Gasteiger partial charge in [0.2, 0.25) is 0 Å². The summed E-state index contributed by atoms with van der Waals surface area (Å²) in [7, 11) is 1.84. The molecule has 2 nitrogen and oxygen atoms in total. The molecule has 0 radical (unpaired) electrons. The van der Waals surface area contributed by atoms with E-state index < -0.39 is 5.54 Å². The maximum atomic E-state index is 12.2. The molecule has 0 aliphatic heterocycles. The molecule has 1 N–H and O–H groups in total. The fourth-order valence-electron chi connectivity index (χ4n) is 2.52. The van der Waals surface area contributed by atoms with Crippen molar-refractivity contribution in [3.05, 3.63) is 34.9 Å². The highest BCUT2D eigenvalue weighted by Gasteiger charge is 2.40. The first-order chi connectivity index (χ1) is 8.70. The Morgan fingerprint density at radius 1 is 1.28 bits per heavy atom. The standard InChI is InChI=1S/C13H16ClNO.I2/c1-15-13(9-5-4-8-12(13)16)10-6-2-3-7-11(10)14;1-2/h2-3,6-7,15H,4-5,8-9H2,1H3;/t13-;/m1./s1. The van der Waals surface area contributed by atoms with Gasteiger partial charge >= 0.3 is 0 Å². The van der Waals surface area contributed by atoms with E-state index >= 15 is 0 Å². The van der Waals surface area contributed by atoms with Crippen LogP contribution in [0, 0.1) is 0 Å². The first kappa shape index (κ1) is 16.7. The summed E-state index contributed by atoms with van der Waals surface area (Å²) >= 11 is 10.4. The van der Waals surface area contributed by atoms with Crippen molar-refractivity contribution in [1.29, 1.82) is 0 Å². The normalized spacial score (nSPS) is 23.2. The lowest BCUT2D eigenvalue weighted by Crippen LogP contribution is -2.49. The van der Waals surface area contributed by atoms with Crippen LogP contribution in [0.3, 0.4) is 0 Å². The Kier molecular flexibility index (Phi) is 7.41. The van der Waals surface area contributed by atoms with E-state index in [1.54, 1.807) is 0 Å². The zero-order valence-electron chi connectivity index (χ0n) is 10.2. The highest BCUT2D eigenvalue weighted by atomic mass is 128. The molecule has 0 amide bonds. The van der Waals surface area contributed by atoms with Gasteiger partial charge < -0.3 is 5.32 Å². The number of benzene rings is 1. The van der Waals surface area contributed by atoms with E-state index in [4.69, 9.17) is 11.6 Å². The third-order valence-corrected chi connectivity index (χ3v) is 3.77. The van der Waals surface area contributed by atoms with E-state index in [0.717, 1.165) is 24.8 Å². The number of Topliss-reactive ketones (excluding diaryl/α,β-unsaturated/α-hetero) is 1. The molecule has 1 aromatic carbocycles. The van der Waals surface area contributed by atoms with E-state index in [0.29, 0.717) is 11.4 Å². The minimum Gasteiger partial charge on any atom is -0.304 e. The topological polar surface area (TPSA) is 29.1 Å². The molecule has 0 bridgehead atoms. The van der Waals surface area contributed by atoms with Crippen LogP contribution in [0.5, 0.6) is 0 Å². The largest absolute Gasteiger partial charge is 0.304 e. The van der Waals surface area contributed by atoms with Gasteiger partial charge in [-0.25, -0.2) is 0 Å². The number of carbonyl (C=O) groups is 1. The molecule has 5 heteroatoms. The molecular weight excluding hydrogens is 475 g/mol. The average molecular weight is 492 g/mol. The van der Waals surface area contributed by atoms with Crippen LogP contribution in [-0.4, -0.2) is 12.8 Å². The van der Waals surface area contributed by atoms with E-state index in [2.05, 4.69) is 42.5 Å². The molecule has 0 spiro atoms. The minimum atomic E-state index is -0.559. The highest BCUT2D eigenvalue weighted by Crippen LogP contribution is 2.37. The Bertz CT molecular complexity index is 414. The number of hydrogen-bond donors (Lipinski definition) is 1. The molecule has 1 aromatic rings. The summed E-state index contributed by atoms with van der Waals surface area (Å²) in [6, 6.07) is 7.62.